The second-order valence-corrected chi connectivity index (χ2v) is 7.96. The van der Waals surface area contributed by atoms with Crippen LogP contribution in [0.1, 0.15) is 50.7 Å². The van der Waals surface area contributed by atoms with Gasteiger partial charge in [0.15, 0.2) is 0 Å². The molecule has 0 radical (unpaired) electrons. The van der Waals surface area contributed by atoms with Gasteiger partial charge in [-0.2, -0.15) is 0 Å². The Morgan fingerprint density at radius 3 is 1.93 bits per heavy atom. The lowest BCUT2D eigenvalue weighted by molar-refractivity contribution is 0.203. The number of rotatable bonds is 8. The fraction of sp³-hybridized carbons (Fsp3) is 0.296. The van der Waals surface area contributed by atoms with Crippen molar-refractivity contribution in [2.75, 3.05) is 11.4 Å². The largest absolute Gasteiger partial charge is 0.329 e. The summed E-state index contributed by atoms with van der Waals surface area (Å²) in [4.78, 5) is 17.6. The third-order valence-electron chi connectivity index (χ3n) is 5.29. The van der Waals surface area contributed by atoms with Crippen molar-refractivity contribution < 1.29 is 4.79 Å². The van der Waals surface area contributed by atoms with Gasteiger partial charge >= 0.3 is 6.03 Å². The molecule has 0 aliphatic rings. The third kappa shape index (κ3) is 5.50. The van der Waals surface area contributed by atoms with Gasteiger partial charge in [-0.05, 0) is 47.7 Å². The SMILES string of the molecule is CCCCN(Cc1ccccc1)C(=O)N(c1ccccc1)c1ccc(C(C)C)cc1. The Morgan fingerprint density at radius 2 is 1.37 bits per heavy atom. The average molecular weight is 401 g/mol. The molecule has 2 amide bonds. The number of amides is 2. The van der Waals surface area contributed by atoms with Crippen LogP contribution in [-0.4, -0.2) is 17.5 Å². The maximum absolute atomic E-state index is 13.8. The molecule has 30 heavy (non-hydrogen) atoms. The summed E-state index contributed by atoms with van der Waals surface area (Å²) in [6, 6.07) is 28.5. The van der Waals surface area contributed by atoms with Crippen LogP contribution < -0.4 is 4.90 Å². The quantitative estimate of drug-likeness (QED) is 0.387. The second-order valence-electron chi connectivity index (χ2n) is 7.96. The minimum atomic E-state index is 0.0100. The molecule has 3 rings (SSSR count). The Kier molecular flexibility index (Phi) is 7.67. The van der Waals surface area contributed by atoms with Crippen molar-refractivity contribution >= 4 is 17.4 Å². The highest BCUT2D eigenvalue weighted by Gasteiger charge is 2.24. The fourth-order valence-electron chi connectivity index (χ4n) is 3.49. The summed E-state index contributed by atoms with van der Waals surface area (Å²) >= 11 is 0. The van der Waals surface area contributed by atoms with Crippen LogP contribution in [0.4, 0.5) is 16.2 Å². The predicted molar refractivity (Wildman–Crippen MR) is 126 cm³/mol. The van der Waals surface area contributed by atoms with E-state index in [9.17, 15) is 4.79 Å². The molecule has 3 aromatic carbocycles. The van der Waals surface area contributed by atoms with Crippen LogP contribution in [0, 0.1) is 0 Å². The lowest BCUT2D eigenvalue weighted by atomic mass is 10.0. The first-order chi connectivity index (χ1) is 14.6. The summed E-state index contributed by atoms with van der Waals surface area (Å²) in [5.74, 6) is 0.457. The van der Waals surface area contributed by atoms with Crippen LogP contribution in [-0.2, 0) is 6.54 Å². The molecule has 0 unspecified atom stereocenters. The number of anilines is 2. The first-order valence-corrected chi connectivity index (χ1v) is 10.9. The molecule has 0 N–H and O–H groups in total. The number of hydrogen-bond acceptors (Lipinski definition) is 1. The molecule has 0 aliphatic heterocycles. The molecule has 0 fully saturated rings. The van der Waals surface area contributed by atoms with Crippen molar-refractivity contribution in [3.8, 4) is 0 Å². The number of benzene rings is 3. The highest BCUT2D eigenvalue weighted by Crippen LogP contribution is 2.29. The summed E-state index contributed by atoms with van der Waals surface area (Å²) in [7, 11) is 0. The lowest BCUT2D eigenvalue weighted by Gasteiger charge is -2.31. The normalized spacial score (nSPS) is 10.8. The van der Waals surface area contributed by atoms with E-state index in [1.807, 2.05) is 58.3 Å². The Morgan fingerprint density at radius 1 is 0.800 bits per heavy atom. The van der Waals surface area contributed by atoms with Crippen LogP contribution in [0.2, 0.25) is 0 Å². The van der Waals surface area contributed by atoms with E-state index in [0.717, 1.165) is 36.3 Å². The van der Waals surface area contributed by atoms with Crippen molar-refractivity contribution in [3.63, 3.8) is 0 Å². The topological polar surface area (TPSA) is 23.6 Å². The minimum absolute atomic E-state index is 0.0100. The van der Waals surface area contributed by atoms with E-state index in [1.54, 1.807) is 0 Å². The van der Waals surface area contributed by atoms with Crippen molar-refractivity contribution in [3.05, 3.63) is 96.1 Å². The van der Waals surface area contributed by atoms with Crippen molar-refractivity contribution in [1.29, 1.82) is 0 Å². The van der Waals surface area contributed by atoms with Gasteiger partial charge < -0.3 is 4.90 Å². The Balaban J connectivity index is 1.96. The average Bonchev–Trinajstić information content (AvgIpc) is 2.78. The highest BCUT2D eigenvalue weighted by molar-refractivity contribution is 5.99. The summed E-state index contributed by atoms with van der Waals surface area (Å²) in [6.45, 7) is 7.86. The minimum Gasteiger partial charge on any atom is -0.320 e. The first-order valence-electron chi connectivity index (χ1n) is 10.9. The summed E-state index contributed by atoms with van der Waals surface area (Å²) in [5, 5.41) is 0. The molecule has 3 aromatic rings. The molecule has 0 saturated carbocycles. The summed E-state index contributed by atoms with van der Waals surface area (Å²) in [6.07, 6.45) is 2.03. The molecule has 156 valence electrons. The molecule has 3 nitrogen and oxygen atoms in total. The van der Waals surface area contributed by atoms with E-state index >= 15 is 0 Å². The van der Waals surface area contributed by atoms with Gasteiger partial charge in [0.2, 0.25) is 0 Å². The number of carbonyl (C=O) groups is 1. The number of hydrogen-bond donors (Lipinski definition) is 0. The monoisotopic (exact) mass is 400 g/mol. The smallest absolute Gasteiger partial charge is 0.320 e. The predicted octanol–water partition coefficient (Wildman–Crippen LogP) is 7.37. The molecule has 0 saturated heterocycles. The standard InChI is InChI=1S/C27H32N2O/c1-4-5-20-28(21-23-12-8-6-9-13-23)27(30)29(25-14-10-7-11-15-25)26-18-16-24(17-19-26)22(2)3/h6-19,22H,4-5,20-21H2,1-3H3. The molecule has 3 heteroatoms. The molecule has 0 atom stereocenters. The lowest BCUT2D eigenvalue weighted by Crippen LogP contribution is -2.41. The fourth-order valence-corrected chi connectivity index (χ4v) is 3.49. The highest BCUT2D eigenvalue weighted by atomic mass is 16.2. The number of urea groups is 1. The molecular weight excluding hydrogens is 368 g/mol. The summed E-state index contributed by atoms with van der Waals surface area (Å²) in [5.41, 5.74) is 4.19. The molecule has 0 spiro atoms. The van der Waals surface area contributed by atoms with E-state index in [2.05, 4.69) is 57.2 Å². The van der Waals surface area contributed by atoms with Crippen LogP contribution in [0.5, 0.6) is 0 Å². The van der Waals surface area contributed by atoms with Gasteiger partial charge in [-0.3, -0.25) is 4.90 Å². The molecule has 0 aromatic heterocycles. The van der Waals surface area contributed by atoms with E-state index in [1.165, 1.54) is 5.56 Å². The maximum Gasteiger partial charge on any atom is 0.329 e. The van der Waals surface area contributed by atoms with Gasteiger partial charge in [0.1, 0.15) is 0 Å². The Labute approximate surface area is 181 Å². The number of unbranched alkanes of at least 4 members (excludes halogenated alkanes) is 1. The zero-order chi connectivity index (χ0) is 21.3. The van der Waals surface area contributed by atoms with Crippen molar-refractivity contribution in [2.24, 2.45) is 0 Å². The number of para-hydroxylation sites is 1. The van der Waals surface area contributed by atoms with E-state index in [0.29, 0.717) is 12.5 Å². The van der Waals surface area contributed by atoms with Crippen LogP contribution in [0.15, 0.2) is 84.9 Å². The van der Waals surface area contributed by atoms with Gasteiger partial charge in [-0.15, -0.1) is 0 Å². The van der Waals surface area contributed by atoms with E-state index in [-0.39, 0.29) is 6.03 Å². The molecule has 0 heterocycles. The van der Waals surface area contributed by atoms with Gasteiger partial charge in [-0.25, -0.2) is 4.79 Å². The Hall–Kier alpha value is -3.07. The molecule has 0 bridgehead atoms. The van der Waals surface area contributed by atoms with E-state index < -0.39 is 0 Å². The van der Waals surface area contributed by atoms with Gasteiger partial charge in [-0.1, -0.05) is 87.9 Å². The maximum atomic E-state index is 13.8. The van der Waals surface area contributed by atoms with Gasteiger partial charge in [0, 0.05) is 13.1 Å². The van der Waals surface area contributed by atoms with E-state index in [4.69, 9.17) is 0 Å². The van der Waals surface area contributed by atoms with Crippen molar-refractivity contribution in [2.45, 2.75) is 46.1 Å². The molecule has 0 aliphatic carbocycles. The Bertz CT molecular complexity index is 905. The van der Waals surface area contributed by atoms with Crippen molar-refractivity contribution in [1.82, 2.24) is 4.90 Å². The number of carbonyl (C=O) groups excluding carboxylic acids is 1. The first kappa shape index (κ1) is 21.6. The second kappa shape index (κ2) is 10.6. The zero-order valence-electron chi connectivity index (χ0n) is 18.3. The molecular formula is C27H32N2O. The summed E-state index contributed by atoms with van der Waals surface area (Å²) < 4.78 is 0. The van der Waals surface area contributed by atoms with Crippen LogP contribution in [0.25, 0.3) is 0 Å². The zero-order valence-corrected chi connectivity index (χ0v) is 18.3. The number of nitrogens with zero attached hydrogens (tertiary/aromatic N) is 2. The van der Waals surface area contributed by atoms with Crippen LogP contribution >= 0.6 is 0 Å². The third-order valence-corrected chi connectivity index (χ3v) is 5.29. The van der Waals surface area contributed by atoms with Crippen LogP contribution in [0.3, 0.4) is 0 Å². The van der Waals surface area contributed by atoms with Gasteiger partial charge in [0.25, 0.3) is 0 Å². The van der Waals surface area contributed by atoms with Gasteiger partial charge in [0.05, 0.1) is 11.4 Å².